The summed E-state index contributed by atoms with van der Waals surface area (Å²) in [5.41, 5.74) is 2.23. The third kappa shape index (κ3) is 5.50. The number of Topliss-reactive ketones (excluding diaryl/α,β-unsaturated/α-hetero) is 1. The lowest BCUT2D eigenvalue weighted by atomic mass is 9.94. The maximum atomic E-state index is 14.0. The first-order valence-corrected chi connectivity index (χ1v) is 15.5. The summed E-state index contributed by atoms with van der Waals surface area (Å²) < 4.78 is 32.3. The van der Waals surface area contributed by atoms with E-state index in [-0.39, 0.29) is 22.6 Å². The molecule has 44 heavy (non-hydrogen) atoms. The molecular weight excluding hydrogens is 583 g/mol. The molecule has 0 aliphatic carbocycles. The molecule has 4 aromatic rings. The van der Waals surface area contributed by atoms with Gasteiger partial charge in [-0.25, -0.2) is 9.37 Å². The number of hydrogen-bond donors (Lipinski definition) is 1. The molecule has 1 saturated heterocycles. The second-order valence-corrected chi connectivity index (χ2v) is 12.4. The van der Waals surface area contributed by atoms with Gasteiger partial charge >= 0.3 is 5.91 Å². The summed E-state index contributed by atoms with van der Waals surface area (Å²) in [6, 6.07) is 13.6. The molecule has 8 nitrogen and oxygen atoms in total. The van der Waals surface area contributed by atoms with Crippen LogP contribution in [0.3, 0.4) is 0 Å². The first kappa shape index (κ1) is 29.6. The van der Waals surface area contributed by atoms with Crippen LogP contribution < -0.4 is 19.1 Å². The molecule has 228 valence electrons. The molecule has 1 aromatic heterocycles. The van der Waals surface area contributed by atoms with Gasteiger partial charge in [-0.05, 0) is 85.8 Å². The van der Waals surface area contributed by atoms with Gasteiger partial charge in [-0.3, -0.25) is 14.5 Å². The Morgan fingerprint density at radius 2 is 1.93 bits per heavy atom. The molecule has 3 aromatic carbocycles. The number of hydrogen-bond acceptors (Lipinski definition) is 8. The average molecular weight is 617 g/mol. The number of aliphatic hydroxyl groups excluding tert-OH is 1. The molecule has 2 aliphatic heterocycles. The highest BCUT2D eigenvalue weighted by atomic mass is 32.1. The number of halogens is 1. The van der Waals surface area contributed by atoms with Crippen molar-refractivity contribution in [2.45, 2.75) is 52.7 Å². The lowest BCUT2D eigenvalue weighted by Gasteiger charge is -2.24. The van der Waals surface area contributed by atoms with E-state index in [0.717, 1.165) is 29.1 Å². The number of benzene rings is 3. The second-order valence-electron chi connectivity index (χ2n) is 11.4. The lowest BCUT2D eigenvalue weighted by molar-refractivity contribution is -0.132. The zero-order chi connectivity index (χ0) is 31.1. The molecule has 1 amide bonds. The number of thiazole rings is 1. The van der Waals surface area contributed by atoms with E-state index in [4.69, 9.17) is 14.2 Å². The van der Waals surface area contributed by atoms with Gasteiger partial charge in [0.25, 0.3) is 5.78 Å². The maximum absolute atomic E-state index is 14.0. The van der Waals surface area contributed by atoms with Crippen LogP contribution in [0, 0.1) is 11.7 Å². The van der Waals surface area contributed by atoms with Crippen molar-refractivity contribution >= 4 is 44.1 Å². The summed E-state index contributed by atoms with van der Waals surface area (Å²) in [6.07, 6.45) is 1.51. The molecular formula is C34H33FN2O6S. The number of carbonyl (C=O) groups is 2. The van der Waals surface area contributed by atoms with E-state index in [1.54, 1.807) is 36.4 Å². The standard InChI is InChI=1S/C34H33FN2O6S/c1-5-41-27-16-20(6-11-26(27)42-13-12-18(2)3)30-29(31(38)21-7-10-25-22(15-21)14-19(4)43-25)32(39)33(40)37(30)34-36-24-9-8-23(35)17-28(24)44-34/h6-11,15-19,30,38H,5,12-14H2,1-4H3/b31-29+/t19-,30-/m1/s1. The van der Waals surface area contributed by atoms with Crippen LogP contribution in [-0.2, 0) is 16.0 Å². The number of nitrogens with zero attached hydrogens (tertiary/aromatic N) is 2. The number of ether oxygens (including phenoxy) is 3. The fraction of sp³-hybridized carbons (Fsp3) is 0.324. The Bertz CT molecular complexity index is 1800. The Morgan fingerprint density at radius 3 is 2.70 bits per heavy atom. The van der Waals surface area contributed by atoms with Crippen molar-refractivity contribution in [3.05, 3.63) is 82.7 Å². The quantitative estimate of drug-likeness (QED) is 0.121. The predicted octanol–water partition coefficient (Wildman–Crippen LogP) is 7.21. The van der Waals surface area contributed by atoms with Gasteiger partial charge in [-0.15, -0.1) is 0 Å². The van der Waals surface area contributed by atoms with Crippen molar-refractivity contribution < 1.29 is 33.3 Å². The highest BCUT2D eigenvalue weighted by molar-refractivity contribution is 7.22. The van der Waals surface area contributed by atoms with Crippen molar-refractivity contribution in [1.82, 2.24) is 4.98 Å². The summed E-state index contributed by atoms with van der Waals surface area (Å²) in [4.78, 5) is 33.3. The molecule has 2 aliphatic rings. The fourth-order valence-corrected chi connectivity index (χ4v) is 6.56. The van der Waals surface area contributed by atoms with Crippen molar-refractivity contribution in [2.75, 3.05) is 18.1 Å². The number of ketones is 1. The van der Waals surface area contributed by atoms with Gasteiger partial charge in [0, 0.05) is 12.0 Å². The fourth-order valence-electron chi connectivity index (χ4n) is 5.55. The summed E-state index contributed by atoms with van der Waals surface area (Å²) in [5.74, 6) is -0.257. The second kappa shape index (κ2) is 11.9. The molecule has 1 N–H and O–H groups in total. The molecule has 6 rings (SSSR count). The highest BCUT2D eigenvalue weighted by Crippen LogP contribution is 2.46. The summed E-state index contributed by atoms with van der Waals surface area (Å²) >= 11 is 1.10. The van der Waals surface area contributed by atoms with Gasteiger partial charge in [-0.2, -0.15) is 0 Å². The molecule has 0 spiro atoms. The Morgan fingerprint density at radius 1 is 1.11 bits per heavy atom. The average Bonchev–Trinajstić information content (AvgIpc) is 3.65. The monoisotopic (exact) mass is 616 g/mol. The molecule has 1 fully saturated rings. The largest absolute Gasteiger partial charge is 0.507 e. The molecule has 10 heteroatoms. The van der Waals surface area contributed by atoms with Crippen molar-refractivity contribution in [2.24, 2.45) is 5.92 Å². The third-order valence-electron chi connectivity index (χ3n) is 7.70. The Balaban J connectivity index is 1.50. The summed E-state index contributed by atoms with van der Waals surface area (Å²) in [7, 11) is 0. The minimum atomic E-state index is -1.03. The number of amides is 1. The van der Waals surface area contributed by atoms with Crippen LogP contribution in [0.25, 0.3) is 16.0 Å². The SMILES string of the molecule is CCOc1cc([C@@H]2/C(=C(\O)c3ccc4c(c3)C[C@@H](C)O4)C(=O)C(=O)N2c2nc3ccc(F)cc3s2)ccc1OCCC(C)C. The van der Waals surface area contributed by atoms with Gasteiger partial charge in [-0.1, -0.05) is 31.3 Å². The van der Waals surface area contributed by atoms with Gasteiger partial charge < -0.3 is 19.3 Å². The van der Waals surface area contributed by atoms with E-state index >= 15 is 0 Å². The number of anilines is 1. The van der Waals surface area contributed by atoms with Crippen molar-refractivity contribution in [3.63, 3.8) is 0 Å². The van der Waals surface area contributed by atoms with E-state index in [1.165, 1.54) is 23.1 Å². The zero-order valence-electron chi connectivity index (χ0n) is 24.9. The van der Waals surface area contributed by atoms with Crippen LogP contribution in [0.4, 0.5) is 9.52 Å². The van der Waals surface area contributed by atoms with Crippen LogP contribution in [0.5, 0.6) is 17.2 Å². The Kier molecular flexibility index (Phi) is 8.02. The molecule has 3 heterocycles. The van der Waals surface area contributed by atoms with Crippen molar-refractivity contribution in [3.8, 4) is 17.2 Å². The first-order valence-electron chi connectivity index (χ1n) is 14.7. The normalized spacial score (nSPS) is 19.1. The molecule has 0 bridgehead atoms. The maximum Gasteiger partial charge on any atom is 0.301 e. The molecule has 0 unspecified atom stereocenters. The third-order valence-corrected chi connectivity index (χ3v) is 8.71. The molecule has 0 saturated carbocycles. The van der Waals surface area contributed by atoms with Crippen LogP contribution in [0.2, 0.25) is 0 Å². The minimum absolute atomic E-state index is 0.00453. The number of aromatic nitrogens is 1. The van der Waals surface area contributed by atoms with E-state index in [0.29, 0.717) is 58.4 Å². The van der Waals surface area contributed by atoms with Crippen LogP contribution in [-0.4, -0.2) is 41.1 Å². The first-order chi connectivity index (χ1) is 21.1. The Labute approximate surface area is 258 Å². The number of rotatable bonds is 9. The highest BCUT2D eigenvalue weighted by Gasteiger charge is 2.48. The van der Waals surface area contributed by atoms with Crippen LogP contribution in [0.1, 0.15) is 56.8 Å². The van der Waals surface area contributed by atoms with Crippen LogP contribution >= 0.6 is 11.3 Å². The van der Waals surface area contributed by atoms with E-state index in [2.05, 4.69) is 18.8 Å². The number of aliphatic hydroxyl groups is 1. The number of fused-ring (bicyclic) bond motifs is 2. The number of carbonyl (C=O) groups excluding carboxylic acids is 2. The van der Waals surface area contributed by atoms with Crippen LogP contribution in [0.15, 0.2) is 60.2 Å². The van der Waals surface area contributed by atoms with Gasteiger partial charge in [0.1, 0.15) is 23.4 Å². The van der Waals surface area contributed by atoms with E-state index < -0.39 is 23.5 Å². The minimum Gasteiger partial charge on any atom is -0.507 e. The zero-order valence-corrected chi connectivity index (χ0v) is 25.7. The molecule has 0 radical (unpaired) electrons. The van der Waals surface area contributed by atoms with E-state index in [1.807, 2.05) is 13.8 Å². The van der Waals surface area contributed by atoms with Gasteiger partial charge in [0.05, 0.1) is 35.0 Å². The summed E-state index contributed by atoms with van der Waals surface area (Å²) in [5, 5.41) is 11.9. The Hall–Kier alpha value is -4.44. The topological polar surface area (TPSA) is 98.2 Å². The van der Waals surface area contributed by atoms with Gasteiger partial charge in [0.15, 0.2) is 16.6 Å². The summed E-state index contributed by atoms with van der Waals surface area (Å²) in [6.45, 7) is 8.91. The predicted molar refractivity (Wildman–Crippen MR) is 167 cm³/mol. The van der Waals surface area contributed by atoms with Crippen molar-refractivity contribution in [1.29, 1.82) is 0 Å². The van der Waals surface area contributed by atoms with E-state index in [9.17, 15) is 19.1 Å². The smallest absolute Gasteiger partial charge is 0.301 e. The lowest BCUT2D eigenvalue weighted by Crippen LogP contribution is -2.29. The molecule has 2 atom stereocenters. The van der Waals surface area contributed by atoms with Gasteiger partial charge in [0.2, 0.25) is 0 Å².